The maximum Gasteiger partial charge on any atom is 0.573 e. The standard InChI is InChI=1S/C17H13F3N2O2.CO2/c1-10-6-12-7-11(9-21-16(12)22-10)8-14(23)13-4-2-3-5-15(13)24-17(18,19)20;2-1-3/h2-7,9H,8H2,1H3,(H,21,22);. The van der Waals surface area contributed by atoms with Crippen LogP contribution in [0.2, 0.25) is 0 Å². The van der Waals surface area contributed by atoms with Crippen LogP contribution >= 0.6 is 0 Å². The molecule has 0 aliphatic heterocycles. The van der Waals surface area contributed by atoms with Gasteiger partial charge in [-0.25, -0.2) is 4.98 Å². The molecule has 6 nitrogen and oxygen atoms in total. The predicted octanol–water partition coefficient (Wildman–Crippen LogP) is 3.61. The predicted molar refractivity (Wildman–Crippen MR) is 87.0 cm³/mol. The number of alkyl halides is 3. The molecule has 9 heteroatoms. The largest absolute Gasteiger partial charge is 0.573 e. The zero-order valence-corrected chi connectivity index (χ0v) is 14.0. The van der Waals surface area contributed by atoms with Gasteiger partial charge in [-0.05, 0) is 36.8 Å². The van der Waals surface area contributed by atoms with Crippen molar-refractivity contribution in [1.82, 2.24) is 9.97 Å². The van der Waals surface area contributed by atoms with Crippen LogP contribution in [0.4, 0.5) is 13.2 Å². The molecule has 2 heterocycles. The van der Waals surface area contributed by atoms with Crippen molar-refractivity contribution in [2.75, 3.05) is 0 Å². The molecule has 1 aromatic carbocycles. The van der Waals surface area contributed by atoms with Gasteiger partial charge in [0, 0.05) is 23.7 Å². The lowest BCUT2D eigenvalue weighted by molar-refractivity contribution is -0.274. The third kappa shape index (κ3) is 5.52. The summed E-state index contributed by atoms with van der Waals surface area (Å²) in [6.45, 7) is 1.89. The number of aromatic nitrogens is 2. The van der Waals surface area contributed by atoms with Crippen LogP contribution in [0.5, 0.6) is 5.75 Å². The summed E-state index contributed by atoms with van der Waals surface area (Å²) in [5, 5.41) is 0.845. The number of ketones is 1. The van der Waals surface area contributed by atoms with Crippen molar-refractivity contribution in [3.05, 3.63) is 59.4 Å². The lowest BCUT2D eigenvalue weighted by atomic mass is 10.0. The first-order valence-corrected chi connectivity index (χ1v) is 7.55. The van der Waals surface area contributed by atoms with Crippen molar-refractivity contribution >= 4 is 23.0 Å². The summed E-state index contributed by atoms with van der Waals surface area (Å²) in [5.74, 6) is -0.968. The SMILES string of the molecule is Cc1cc2cc(CC(=O)c3ccccc3OC(F)(F)F)cnc2[nH]1.O=C=O. The molecule has 0 spiro atoms. The van der Waals surface area contributed by atoms with E-state index in [0.29, 0.717) is 11.2 Å². The highest BCUT2D eigenvalue weighted by atomic mass is 19.4. The van der Waals surface area contributed by atoms with E-state index < -0.39 is 17.9 Å². The third-order valence-corrected chi connectivity index (χ3v) is 3.44. The first kappa shape index (κ1) is 19.9. The van der Waals surface area contributed by atoms with Gasteiger partial charge in [0.1, 0.15) is 11.4 Å². The summed E-state index contributed by atoms with van der Waals surface area (Å²) >= 11 is 0. The average Bonchev–Trinajstić information content (AvgIpc) is 2.94. The fraction of sp³-hybridized carbons (Fsp3) is 0.167. The molecule has 0 fully saturated rings. The van der Waals surface area contributed by atoms with Crippen LogP contribution in [0, 0.1) is 6.92 Å². The molecule has 27 heavy (non-hydrogen) atoms. The van der Waals surface area contributed by atoms with Gasteiger partial charge in [0.2, 0.25) is 0 Å². The third-order valence-electron chi connectivity index (χ3n) is 3.44. The maximum atomic E-state index is 12.4. The molecule has 3 aromatic rings. The molecule has 0 unspecified atom stereocenters. The zero-order chi connectivity index (χ0) is 20.0. The number of carbonyl (C=O) groups excluding carboxylic acids is 3. The van der Waals surface area contributed by atoms with Gasteiger partial charge in [-0.15, -0.1) is 13.2 Å². The van der Waals surface area contributed by atoms with Crippen LogP contribution in [0.3, 0.4) is 0 Å². The normalized spacial score (nSPS) is 10.7. The fourth-order valence-corrected chi connectivity index (χ4v) is 2.49. The minimum atomic E-state index is -4.85. The van der Waals surface area contributed by atoms with E-state index in [9.17, 15) is 18.0 Å². The summed E-state index contributed by atoms with van der Waals surface area (Å²) in [7, 11) is 0. The quantitative estimate of drug-likeness (QED) is 0.701. The van der Waals surface area contributed by atoms with Crippen LogP contribution < -0.4 is 4.74 Å². The molecule has 140 valence electrons. The van der Waals surface area contributed by atoms with Crippen molar-refractivity contribution in [2.24, 2.45) is 0 Å². The number of ether oxygens (including phenoxy) is 1. The summed E-state index contributed by atoms with van der Waals surface area (Å²) in [5.41, 5.74) is 2.14. The lowest BCUT2D eigenvalue weighted by Gasteiger charge is -2.12. The fourth-order valence-electron chi connectivity index (χ4n) is 2.49. The Kier molecular flexibility index (Phi) is 6.10. The van der Waals surface area contributed by atoms with Gasteiger partial charge in [-0.3, -0.25) is 4.79 Å². The zero-order valence-electron chi connectivity index (χ0n) is 14.0. The minimum Gasteiger partial charge on any atom is -0.405 e. The number of fused-ring (bicyclic) bond motifs is 1. The Bertz CT molecular complexity index is 990. The molecule has 0 aliphatic rings. The number of nitrogens with one attached hydrogen (secondary N) is 1. The van der Waals surface area contributed by atoms with Gasteiger partial charge in [0.25, 0.3) is 0 Å². The molecule has 0 aliphatic carbocycles. The molecule has 2 aromatic heterocycles. The van der Waals surface area contributed by atoms with Gasteiger partial charge in [0.05, 0.1) is 5.56 Å². The minimum absolute atomic E-state index is 0.0641. The molecule has 0 amide bonds. The summed E-state index contributed by atoms with van der Waals surface area (Å²) in [6, 6.07) is 8.99. The molecule has 0 bridgehead atoms. The van der Waals surface area contributed by atoms with Crippen LogP contribution in [-0.4, -0.2) is 28.3 Å². The Morgan fingerprint density at radius 3 is 2.56 bits per heavy atom. The van der Waals surface area contributed by atoms with Crippen LogP contribution in [-0.2, 0) is 16.0 Å². The van der Waals surface area contributed by atoms with Crippen molar-refractivity contribution in [3.63, 3.8) is 0 Å². The number of Topliss-reactive ketones (excluding diaryl/α,β-unsaturated/α-hetero) is 1. The van der Waals surface area contributed by atoms with Crippen molar-refractivity contribution in [3.8, 4) is 5.75 Å². The van der Waals surface area contributed by atoms with Crippen molar-refractivity contribution in [2.45, 2.75) is 19.7 Å². The first-order valence-electron chi connectivity index (χ1n) is 7.55. The van der Waals surface area contributed by atoms with Gasteiger partial charge in [-0.2, -0.15) is 9.59 Å². The monoisotopic (exact) mass is 378 g/mol. The second kappa shape index (κ2) is 8.29. The maximum absolute atomic E-state index is 12.4. The molecule has 0 saturated carbocycles. The summed E-state index contributed by atoms with van der Waals surface area (Å²) in [4.78, 5) is 35.9. The smallest absolute Gasteiger partial charge is 0.405 e. The summed E-state index contributed by atoms with van der Waals surface area (Å²) < 4.78 is 41.2. The molecular weight excluding hydrogens is 365 g/mol. The number of hydrogen-bond donors (Lipinski definition) is 1. The number of hydrogen-bond acceptors (Lipinski definition) is 5. The second-order valence-corrected chi connectivity index (χ2v) is 5.46. The number of nitrogens with zero attached hydrogens (tertiary/aromatic N) is 1. The Hall–Kier alpha value is -3.45. The molecule has 0 atom stereocenters. The van der Waals surface area contributed by atoms with E-state index in [1.807, 2.05) is 13.0 Å². The van der Waals surface area contributed by atoms with Gasteiger partial charge < -0.3 is 9.72 Å². The van der Waals surface area contributed by atoms with E-state index in [1.54, 1.807) is 6.07 Å². The number of aromatic amines is 1. The number of carbonyl (C=O) groups is 1. The van der Waals surface area contributed by atoms with E-state index in [4.69, 9.17) is 9.59 Å². The topological polar surface area (TPSA) is 89.1 Å². The van der Waals surface area contributed by atoms with Crippen LogP contribution in [0.15, 0.2) is 42.6 Å². The average molecular weight is 378 g/mol. The number of para-hydroxylation sites is 1. The number of H-pyrrole nitrogens is 1. The molecule has 3 rings (SSSR count). The van der Waals surface area contributed by atoms with Gasteiger partial charge in [0.15, 0.2) is 5.78 Å². The number of benzene rings is 1. The van der Waals surface area contributed by atoms with E-state index in [1.165, 1.54) is 24.4 Å². The Morgan fingerprint density at radius 1 is 1.22 bits per heavy atom. The summed E-state index contributed by atoms with van der Waals surface area (Å²) in [6.07, 6.45) is -3.13. The van der Waals surface area contributed by atoms with Crippen molar-refractivity contribution < 1.29 is 32.3 Å². The lowest BCUT2D eigenvalue weighted by Crippen LogP contribution is -2.19. The number of rotatable bonds is 4. The van der Waals surface area contributed by atoms with Gasteiger partial charge in [-0.1, -0.05) is 12.1 Å². The molecule has 0 radical (unpaired) electrons. The number of pyridine rings is 1. The number of halogens is 3. The Balaban J connectivity index is 0.000000817. The highest BCUT2D eigenvalue weighted by Crippen LogP contribution is 2.27. The Morgan fingerprint density at radius 2 is 1.89 bits per heavy atom. The molecule has 1 N–H and O–H groups in total. The highest BCUT2D eigenvalue weighted by molar-refractivity contribution is 6.00. The second-order valence-electron chi connectivity index (χ2n) is 5.46. The van der Waals surface area contributed by atoms with Crippen molar-refractivity contribution in [1.29, 1.82) is 0 Å². The van der Waals surface area contributed by atoms with E-state index >= 15 is 0 Å². The van der Waals surface area contributed by atoms with Crippen LogP contribution in [0.1, 0.15) is 21.6 Å². The van der Waals surface area contributed by atoms with E-state index in [0.717, 1.165) is 17.1 Å². The molecule has 0 saturated heterocycles. The first-order chi connectivity index (χ1) is 12.7. The van der Waals surface area contributed by atoms with E-state index in [-0.39, 0.29) is 18.1 Å². The van der Waals surface area contributed by atoms with E-state index in [2.05, 4.69) is 14.7 Å². The number of aryl methyl sites for hydroxylation is 1. The highest BCUT2D eigenvalue weighted by Gasteiger charge is 2.32. The molecular formula is C18H13F3N2O4. The van der Waals surface area contributed by atoms with Crippen LogP contribution in [0.25, 0.3) is 11.0 Å². The van der Waals surface area contributed by atoms with Gasteiger partial charge >= 0.3 is 12.5 Å². The Labute approximate surface area is 151 Å².